The summed E-state index contributed by atoms with van der Waals surface area (Å²) in [5.74, 6) is 0. The number of benzene rings is 1. The summed E-state index contributed by atoms with van der Waals surface area (Å²) >= 11 is 11.9. The molecule has 0 saturated heterocycles. The van der Waals surface area contributed by atoms with Crippen molar-refractivity contribution in [3.63, 3.8) is 0 Å². The van der Waals surface area contributed by atoms with E-state index in [-0.39, 0.29) is 0 Å². The van der Waals surface area contributed by atoms with Crippen LogP contribution in [0.15, 0.2) is 30.5 Å². The average molecular weight is 242 g/mol. The van der Waals surface area contributed by atoms with Gasteiger partial charge in [-0.3, -0.25) is 5.10 Å². The minimum Gasteiger partial charge on any atom is -0.378 e. The normalized spacial score (nSPS) is 10.3. The summed E-state index contributed by atoms with van der Waals surface area (Å²) in [7, 11) is 0. The molecule has 2 N–H and O–H groups in total. The third-order valence-corrected chi connectivity index (χ3v) is 2.80. The van der Waals surface area contributed by atoms with Gasteiger partial charge in [-0.2, -0.15) is 5.10 Å². The number of hydrogen-bond donors (Lipinski definition) is 2. The molecule has 15 heavy (non-hydrogen) atoms. The van der Waals surface area contributed by atoms with Crippen LogP contribution < -0.4 is 5.32 Å². The second kappa shape index (κ2) is 4.55. The largest absolute Gasteiger partial charge is 0.378 e. The summed E-state index contributed by atoms with van der Waals surface area (Å²) < 4.78 is 0. The fourth-order valence-electron chi connectivity index (χ4n) is 1.21. The zero-order chi connectivity index (χ0) is 10.7. The van der Waals surface area contributed by atoms with Crippen LogP contribution >= 0.6 is 23.2 Å². The van der Waals surface area contributed by atoms with Gasteiger partial charge in [0, 0.05) is 6.20 Å². The highest BCUT2D eigenvalue weighted by Gasteiger charge is 2.03. The molecule has 0 bridgehead atoms. The van der Waals surface area contributed by atoms with Crippen LogP contribution in [0.3, 0.4) is 0 Å². The van der Waals surface area contributed by atoms with Gasteiger partial charge in [0.25, 0.3) is 0 Å². The quantitative estimate of drug-likeness (QED) is 0.866. The summed E-state index contributed by atoms with van der Waals surface area (Å²) in [6.45, 7) is 0.639. The van der Waals surface area contributed by atoms with E-state index < -0.39 is 0 Å². The van der Waals surface area contributed by atoms with E-state index in [1.54, 1.807) is 12.3 Å². The van der Waals surface area contributed by atoms with Crippen LogP contribution in [-0.4, -0.2) is 10.2 Å². The van der Waals surface area contributed by atoms with Crippen molar-refractivity contribution < 1.29 is 0 Å². The first-order chi connectivity index (χ1) is 7.27. The highest BCUT2D eigenvalue weighted by atomic mass is 35.5. The third-order valence-electron chi connectivity index (χ3n) is 1.98. The van der Waals surface area contributed by atoms with Crippen molar-refractivity contribution in [2.45, 2.75) is 6.54 Å². The van der Waals surface area contributed by atoms with Crippen LogP contribution in [0, 0.1) is 0 Å². The minimum atomic E-state index is 0.540. The first-order valence-electron chi connectivity index (χ1n) is 4.43. The summed E-state index contributed by atoms with van der Waals surface area (Å²) in [4.78, 5) is 0. The topological polar surface area (TPSA) is 40.7 Å². The molecule has 0 radical (unpaired) electrons. The Hall–Kier alpha value is -1.19. The van der Waals surface area contributed by atoms with E-state index in [4.69, 9.17) is 23.2 Å². The van der Waals surface area contributed by atoms with Crippen LogP contribution in [0.5, 0.6) is 0 Å². The number of nitrogens with zero attached hydrogens (tertiary/aromatic N) is 1. The lowest BCUT2D eigenvalue weighted by atomic mass is 10.3. The number of hydrogen-bond acceptors (Lipinski definition) is 2. The fraction of sp³-hybridized carbons (Fsp3) is 0.100. The van der Waals surface area contributed by atoms with E-state index in [0.29, 0.717) is 16.6 Å². The summed E-state index contributed by atoms with van der Waals surface area (Å²) in [6, 6.07) is 7.38. The predicted octanol–water partition coefficient (Wildman–Crippen LogP) is 3.33. The molecule has 0 amide bonds. The van der Waals surface area contributed by atoms with Gasteiger partial charge in [0.05, 0.1) is 28.0 Å². The molecule has 1 heterocycles. The number of halogens is 2. The molecular formula is C10H9Cl2N3. The maximum absolute atomic E-state index is 6.01. The van der Waals surface area contributed by atoms with Gasteiger partial charge in [-0.25, -0.2) is 0 Å². The minimum absolute atomic E-state index is 0.540. The molecule has 0 aliphatic rings. The lowest BCUT2D eigenvalue weighted by Crippen LogP contribution is -2.00. The van der Waals surface area contributed by atoms with Crippen LogP contribution in [0.1, 0.15) is 5.69 Å². The van der Waals surface area contributed by atoms with E-state index in [0.717, 1.165) is 11.4 Å². The molecule has 0 unspecified atom stereocenters. The monoisotopic (exact) mass is 241 g/mol. The van der Waals surface area contributed by atoms with Gasteiger partial charge in [0.1, 0.15) is 0 Å². The van der Waals surface area contributed by atoms with Crippen molar-refractivity contribution in [2.75, 3.05) is 5.32 Å². The predicted molar refractivity (Wildman–Crippen MR) is 62.4 cm³/mol. The van der Waals surface area contributed by atoms with Crippen molar-refractivity contribution in [1.29, 1.82) is 0 Å². The number of aromatic amines is 1. The Balaban J connectivity index is 2.08. The molecule has 0 fully saturated rings. The third kappa shape index (κ3) is 2.43. The van der Waals surface area contributed by atoms with Crippen LogP contribution in [0.25, 0.3) is 0 Å². The second-order valence-corrected chi connectivity index (χ2v) is 3.82. The van der Waals surface area contributed by atoms with Crippen molar-refractivity contribution in [1.82, 2.24) is 10.2 Å². The number of anilines is 1. The number of H-pyrrole nitrogens is 1. The van der Waals surface area contributed by atoms with Gasteiger partial charge in [0.15, 0.2) is 0 Å². The van der Waals surface area contributed by atoms with E-state index in [9.17, 15) is 0 Å². The molecule has 0 spiro atoms. The Morgan fingerprint density at radius 2 is 2.13 bits per heavy atom. The molecule has 5 heteroatoms. The second-order valence-electron chi connectivity index (χ2n) is 3.04. The van der Waals surface area contributed by atoms with Crippen molar-refractivity contribution in [3.05, 3.63) is 46.2 Å². The summed E-state index contributed by atoms with van der Waals surface area (Å²) in [5.41, 5.74) is 1.81. The highest BCUT2D eigenvalue weighted by molar-refractivity contribution is 6.43. The molecule has 78 valence electrons. The molecule has 3 nitrogen and oxygen atoms in total. The van der Waals surface area contributed by atoms with E-state index in [1.165, 1.54) is 0 Å². The molecule has 0 aliphatic carbocycles. The molecule has 1 aromatic heterocycles. The first-order valence-corrected chi connectivity index (χ1v) is 5.19. The molecule has 2 rings (SSSR count). The van der Waals surface area contributed by atoms with Gasteiger partial charge in [0.2, 0.25) is 0 Å². The van der Waals surface area contributed by atoms with E-state index >= 15 is 0 Å². The van der Waals surface area contributed by atoms with Crippen molar-refractivity contribution >= 4 is 28.9 Å². The average Bonchev–Trinajstić information content (AvgIpc) is 2.73. The molecule has 0 atom stereocenters. The zero-order valence-corrected chi connectivity index (χ0v) is 9.31. The fourth-order valence-corrected chi connectivity index (χ4v) is 1.58. The first kappa shape index (κ1) is 10.3. The zero-order valence-electron chi connectivity index (χ0n) is 7.80. The number of rotatable bonds is 3. The molecular weight excluding hydrogens is 233 g/mol. The van der Waals surface area contributed by atoms with E-state index in [2.05, 4.69) is 15.5 Å². The Labute approximate surface area is 97.4 Å². The lowest BCUT2D eigenvalue weighted by molar-refractivity contribution is 0.981. The number of nitrogens with one attached hydrogen (secondary N) is 2. The summed E-state index contributed by atoms with van der Waals surface area (Å²) in [5, 5.41) is 11.0. The Morgan fingerprint density at radius 1 is 1.27 bits per heavy atom. The Morgan fingerprint density at radius 3 is 2.87 bits per heavy atom. The van der Waals surface area contributed by atoms with Gasteiger partial charge in [-0.15, -0.1) is 0 Å². The maximum atomic E-state index is 6.01. The molecule has 1 aromatic carbocycles. The van der Waals surface area contributed by atoms with Gasteiger partial charge < -0.3 is 5.32 Å². The van der Waals surface area contributed by atoms with Crippen molar-refractivity contribution in [2.24, 2.45) is 0 Å². The van der Waals surface area contributed by atoms with Gasteiger partial charge in [-0.05, 0) is 18.2 Å². The SMILES string of the molecule is Clc1cccc(NCc2ccn[nH]2)c1Cl. The van der Waals surface area contributed by atoms with Crippen LogP contribution in [0.4, 0.5) is 5.69 Å². The van der Waals surface area contributed by atoms with Gasteiger partial charge in [-0.1, -0.05) is 29.3 Å². The number of aromatic nitrogens is 2. The maximum Gasteiger partial charge on any atom is 0.0823 e. The van der Waals surface area contributed by atoms with E-state index in [1.807, 2.05) is 18.2 Å². The van der Waals surface area contributed by atoms with Crippen molar-refractivity contribution in [3.8, 4) is 0 Å². The highest BCUT2D eigenvalue weighted by Crippen LogP contribution is 2.29. The summed E-state index contributed by atoms with van der Waals surface area (Å²) in [6.07, 6.45) is 1.70. The molecule has 0 aliphatic heterocycles. The Bertz CT molecular complexity index is 440. The van der Waals surface area contributed by atoms with Crippen LogP contribution in [0.2, 0.25) is 10.0 Å². The van der Waals surface area contributed by atoms with Crippen LogP contribution in [-0.2, 0) is 6.54 Å². The van der Waals surface area contributed by atoms with Gasteiger partial charge >= 0.3 is 0 Å². The standard InChI is InChI=1S/C10H9Cl2N3/c11-8-2-1-3-9(10(8)12)13-6-7-4-5-14-15-7/h1-5,13H,6H2,(H,14,15). The smallest absolute Gasteiger partial charge is 0.0823 e. The molecule has 2 aromatic rings. The lowest BCUT2D eigenvalue weighted by Gasteiger charge is -2.07. The Kier molecular flexibility index (Phi) is 3.14. The molecule has 0 saturated carbocycles.